The first-order chi connectivity index (χ1) is 11.0. The molecule has 0 unspecified atom stereocenters. The fraction of sp³-hybridized carbons (Fsp3) is 0.667. The van der Waals surface area contributed by atoms with E-state index in [9.17, 15) is 4.79 Å². The Balaban J connectivity index is 1.77. The van der Waals surface area contributed by atoms with Gasteiger partial charge in [-0.15, -0.1) is 0 Å². The Bertz CT molecular complexity index is 503. The Morgan fingerprint density at radius 2 is 2.22 bits per heavy atom. The molecule has 1 aromatic heterocycles. The molecule has 2 rings (SSSR count). The van der Waals surface area contributed by atoms with Crippen LogP contribution in [0.2, 0.25) is 0 Å². The third-order valence-electron chi connectivity index (χ3n) is 4.65. The Morgan fingerprint density at radius 3 is 2.87 bits per heavy atom. The van der Waals surface area contributed by atoms with Crippen molar-refractivity contribution in [3.05, 3.63) is 24.0 Å². The molecule has 1 aliphatic rings. The number of aromatic nitrogens is 1. The minimum Gasteiger partial charge on any atom is -0.490 e. The highest BCUT2D eigenvalue weighted by Gasteiger charge is 2.17. The maximum absolute atomic E-state index is 10.9. The lowest BCUT2D eigenvalue weighted by atomic mass is 9.88. The van der Waals surface area contributed by atoms with Crippen LogP contribution in [0.3, 0.4) is 0 Å². The lowest BCUT2D eigenvalue weighted by Gasteiger charge is -2.27. The topological polar surface area (TPSA) is 63.2 Å². The fourth-order valence-corrected chi connectivity index (χ4v) is 2.68. The molecule has 128 valence electrons. The van der Waals surface area contributed by atoms with E-state index in [4.69, 9.17) is 4.74 Å². The second-order valence-corrected chi connectivity index (χ2v) is 6.71. The number of hydrogen-bond acceptors (Lipinski definition) is 4. The van der Waals surface area contributed by atoms with Crippen LogP contribution in [0.4, 0.5) is 0 Å². The van der Waals surface area contributed by atoms with Gasteiger partial charge in [0.25, 0.3) is 0 Å². The maximum Gasteiger partial charge on any atom is 0.216 e. The number of ether oxygens (including phenoxy) is 1. The van der Waals surface area contributed by atoms with E-state index in [2.05, 4.69) is 35.5 Å². The zero-order valence-electron chi connectivity index (χ0n) is 14.5. The van der Waals surface area contributed by atoms with E-state index in [0.29, 0.717) is 24.5 Å². The van der Waals surface area contributed by atoms with Crippen LogP contribution in [-0.4, -0.2) is 36.6 Å². The van der Waals surface area contributed by atoms with Crippen molar-refractivity contribution in [2.75, 3.05) is 19.7 Å². The number of carbonyl (C=O) groups is 1. The van der Waals surface area contributed by atoms with Gasteiger partial charge in [-0.25, -0.2) is 0 Å². The number of nitrogens with one attached hydrogen (secondary N) is 2. The average molecular weight is 319 g/mol. The van der Waals surface area contributed by atoms with Crippen molar-refractivity contribution in [1.29, 1.82) is 0 Å². The summed E-state index contributed by atoms with van der Waals surface area (Å²) in [6.07, 6.45) is 6.87. The third-order valence-corrected chi connectivity index (χ3v) is 4.65. The van der Waals surface area contributed by atoms with Crippen molar-refractivity contribution < 1.29 is 9.53 Å². The van der Waals surface area contributed by atoms with E-state index in [1.807, 2.05) is 6.20 Å². The van der Waals surface area contributed by atoms with Gasteiger partial charge in [-0.3, -0.25) is 9.78 Å². The molecule has 0 radical (unpaired) electrons. The second kappa shape index (κ2) is 8.87. The zero-order valence-corrected chi connectivity index (χ0v) is 14.5. The van der Waals surface area contributed by atoms with Crippen LogP contribution in [0.25, 0.3) is 0 Å². The summed E-state index contributed by atoms with van der Waals surface area (Å²) in [5.74, 6) is 1.98. The monoisotopic (exact) mass is 319 g/mol. The molecule has 1 aliphatic heterocycles. The molecule has 3 atom stereocenters. The molecular formula is C18H29N3O2. The summed E-state index contributed by atoms with van der Waals surface area (Å²) >= 11 is 0. The molecule has 1 aromatic rings. The molecule has 5 heteroatoms. The van der Waals surface area contributed by atoms with Crippen molar-refractivity contribution >= 4 is 5.91 Å². The predicted molar refractivity (Wildman–Crippen MR) is 91.5 cm³/mol. The van der Waals surface area contributed by atoms with Gasteiger partial charge in [-0.1, -0.05) is 13.8 Å². The molecule has 23 heavy (non-hydrogen) atoms. The van der Waals surface area contributed by atoms with Crippen LogP contribution in [0, 0.1) is 11.8 Å². The standard InChI is InChI=1S/C18H29N3O2/c1-13(4-6-20-15(3)22)14(2)8-16-9-18(11-19-10-16)23-12-17-5-7-21-17/h9-11,13-14,17,21H,4-8,12H2,1-3H3,(H,20,22)/t13-,14-,17-/m0/s1. The van der Waals surface area contributed by atoms with Gasteiger partial charge in [0, 0.05) is 25.7 Å². The lowest BCUT2D eigenvalue weighted by molar-refractivity contribution is -0.119. The molecule has 1 saturated heterocycles. The van der Waals surface area contributed by atoms with E-state index in [1.165, 1.54) is 12.0 Å². The quantitative estimate of drug-likeness (QED) is 0.732. The Hall–Kier alpha value is -1.62. The summed E-state index contributed by atoms with van der Waals surface area (Å²) in [7, 11) is 0. The van der Waals surface area contributed by atoms with Crippen LogP contribution in [-0.2, 0) is 11.2 Å². The minimum absolute atomic E-state index is 0.0415. The number of nitrogens with zero attached hydrogens (tertiary/aromatic N) is 1. The van der Waals surface area contributed by atoms with Crippen molar-refractivity contribution in [3.8, 4) is 5.75 Å². The summed E-state index contributed by atoms with van der Waals surface area (Å²) in [6, 6.07) is 2.59. The first-order valence-corrected chi connectivity index (χ1v) is 8.59. The van der Waals surface area contributed by atoms with Crippen LogP contribution < -0.4 is 15.4 Å². The SMILES string of the molecule is CC(=O)NCC[C@H](C)[C@@H](C)Cc1cncc(OC[C@@H]2CCN2)c1. The average Bonchev–Trinajstić information content (AvgIpc) is 2.45. The highest BCUT2D eigenvalue weighted by Crippen LogP contribution is 2.21. The maximum atomic E-state index is 10.9. The van der Waals surface area contributed by atoms with Crippen LogP contribution in [0.15, 0.2) is 18.5 Å². The van der Waals surface area contributed by atoms with Gasteiger partial charge in [0.15, 0.2) is 0 Å². The van der Waals surface area contributed by atoms with E-state index in [1.54, 1.807) is 13.1 Å². The third kappa shape index (κ3) is 6.18. The Kier molecular flexibility index (Phi) is 6.84. The van der Waals surface area contributed by atoms with E-state index in [0.717, 1.165) is 31.7 Å². The largest absolute Gasteiger partial charge is 0.490 e. The molecule has 0 aromatic carbocycles. The van der Waals surface area contributed by atoms with Gasteiger partial charge in [0.2, 0.25) is 5.91 Å². The van der Waals surface area contributed by atoms with Crippen molar-refractivity contribution in [3.63, 3.8) is 0 Å². The second-order valence-electron chi connectivity index (χ2n) is 6.71. The predicted octanol–water partition coefficient (Wildman–Crippen LogP) is 2.16. The van der Waals surface area contributed by atoms with Crippen molar-refractivity contribution in [2.45, 2.75) is 46.1 Å². The van der Waals surface area contributed by atoms with Gasteiger partial charge in [0.1, 0.15) is 12.4 Å². The summed E-state index contributed by atoms with van der Waals surface area (Å²) in [4.78, 5) is 15.2. The molecular weight excluding hydrogens is 290 g/mol. The van der Waals surface area contributed by atoms with E-state index < -0.39 is 0 Å². The van der Waals surface area contributed by atoms with Gasteiger partial charge >= 0.3 is 0 Å². The number of rotatable bonds is 9. The summed E-state index contributed by atoms with van der Waals surface area (Å²) in [5.41, 5.74) is 1.21. The number of carbonyl (C=O) groups excluding carboxylic acids is 1. The first kappa shape index (κ1) is 17.7. The zero-order chi connectivity index (χ0) is 16.7. The Labute approximate surface area is 139 Å². The smallest absolute Gasteiger partial charge is 0.216 e. The minimum atomic E-state index is 0.0415. The number of amides is 1. The molecule has 5 nitrogen and oxygen atoms in total. The van der Waals surface area contributed by atoms with Gasteiger partial charge in [0.05, 0.1) is 6.20 Å². The summed E-state index contributed by atoms with van der Waals surface area (Å²) < 4.78 is 5.81. The van der Waals surface area contributed by atoms with Gasteiger partial charge < -0.3 is 15.4 Å². The molecule has 2 N–H and O–H groups in total. The fourth-order valence-electron chi connectivity index (χ4n) is 2.68. The lowest BCUT2D eigenvalue weighted by Crippen LogP contribution is -2.46. The van der Waals surface area contributed by atoms with Gasteiger partial charge in [-0.2, -0.15) is 0 Å². The molecule has 2 heterocycles. The first-order valence-electron chi connectivity index (χ1n) is 8.59. The molecule has 0 bridgehead atoms. The molecule has 0 spiro atoms. The Morgan fingerprint density at radius 1 is 1.43 bits per heavy atom. The van der Waals surface area contributed by atoms with Crippen LogP contribution >= 0.6 is 0 Å². The highest BCUT2D eigenvalue weighted by atomic mass is 16.5. The summed E-state index contributed by atoms with van der Waals surface area (Å²) in [5, 5.41) is 6.20. The molecule has 0 aliphatic carbocycles. The van der Waals surface area contributed by atoms with Crippen molar-refractivity contribution in [1.82, 2.24) is 15.6 Å². The number of hydrogen-bond donors (Lipinski definition) is 2. The van der Waals surface area contributed by atoms with E-state index in [-0.39, 0.29) is 5.91 Å². The van der Waals surface area contributed by atoms with Crippen LogP contribution in [0.1, 0.15) is 39.2 Å². The van der Waals surface area contributed by atoms with Crippen LogP contribution in [0.5, 0.6) is 5.75 Å². The number of pyridine rings is 1. The van der Waals surface area contributed by atoms with E-state index >= 15 is 0 Å². The molecule has 1 amide bonds. The van der Waals surface area contributed by atoms with Gasteiger partial charge in [-0.05, 0) is 49.3 Å². The normalized spacial score (nSPS) is 19.5. The van der Waals surface area contributed by atoms with Crippen molar-refractivity contribution in [2.24, 2.45) is 11.8 Å². The molecule has 0 saturated carbocycles. The highest BCUT2D eigenvalue weighted by molar-refractivity contribution is 5.72. The molecule has 1 fully saturated rings. The summed E-state index contributed by atoms with van der Waals surface area (Å²) in [6.45, 7) is 8.61.